The molecule has 0 radical (unpaired) electrons. The van der Waals surface area contributed by atoms with Crippen molar-refractivity contribution in [3.05, 3.63) is 0 Å². The number of unbranched alkanes of at least 4 members (excludes halogenated alkanes) is 2. The summed E-state index contributed by atoms with van der Waals surface area (Å²) in [6.07, 6.45) is 4.68. The van der Waals surface area contributed by atoms with Gasteiger partial charge >= 0.3 is 5.97 Å². The number of halogens is 2. The van der Waals surface area contributed by atoms with E-state index in [1.165, 1.54) is 7.11 Å². The smallest absolute Gasteiger partial charge is 0.305 e. The molecular formula is C21H36FIO5. The first-order valence-electron chi connectivity index (χ1n) is 10.8. The number of methoxy groups -OCH3 is 1. The van der Waals surface area contributed by atoms with Gasteiger partial charge in [-0.2, -0.15) is 0 Å². The molecule has 2 fully saturated rings. The van der Waals surface area contributed by atoms with Gasteiger partial charge in [-0.25, -0.2) is 4.39 Å². The molecule has 5 nitrogen and oxygen atoms in total. The molecule has 8 atom stereocenters. The molecule has 1 heterocycles. The third-order valence-electron chi connectivity index (χ3n) is 6.32. The number of hydrogen-bond donors (Lipinski definition) is 2. The Hall–Kier alpha value is 0.01000. The van der Waals surface area contributed by atoms with Crippen LogP contribution >= 0.6 is 22.6 Å². The summed E-state index contributed by atoms with van der Waals surface area (Å²) in [5.74, 6) is -0.685. The minimum absolute atomic E-state index is 0.0136. The molecule has 1 saturated carbocycles. The topological polar surface area (TPSA) is 76.0 Å². The molecule has 0 aromatic heterocycles. The minimum Gasteiger partial charge on any atom is -0.469 e. The predicted octanol–water partition coefficient (Wildman–Crippen LogP) is 3.96. The summed E-state index contributed by atoms with van der Waals surface area (Å²) in [5, 5.41) is 20.6. The Morgan fingerprint density at radius 3 is 2.71 bits per heavy atom. The second kappa shape index (κ2) is 12.0. The lowest BCUT2D eigenvalue weighted by Crippen LogP contribution is -2.35. The summed E-state index contributed by atoms with van der Waals surface area (Å²) in [5.41, 5.74) is 0. The minimum atomic E-state index is -1.11. The number of aliphatic hydroxyl groups excluding tert-OH is 2. The number of esters is 1. The summed E-state index contributed by atoms with van der Waals surface area (Å²) >= 11 is 2.22. The fraction of sp³-hybridized carbons (Fsp3) is 0.952. The maximum Gasteiger partial charge on any atom is 0.305 e. The molecule has 1 aliphatic heterocycles. The number of aliphatic hydroxyl groups is 2. The highest BCUT2D eigenvalue weighted by Gasteiger charge is 2.56. The van der Waals surface area contributed by atoms with Crippen molar-refractivity contribution in [1.82, 2.24) is 0 Å². The van der Waals surface area contributed by atoms with Crippen molar-refractivity contribution in [1.29, 1.82) is 0 Å². The van der Waals surface area contributed by atoms with Gasteiger partial charge in [-0.1, -0.05) is 48.8 Å². The van der Waals surface area contributed by atoms with Gasteiger partial charge in [-0.3, -0.25) is 4.79 Å². The quantitative estimate of drug-likeness (QED) is 0.179. The number of alkyl halides is 2. The molecule has 1 aliphatic carbocycles. The summed E-state index contributed by atoms with van der Waals surface area (Å²) in [6, 6.07) is 0. The normalized spacial score (nSPS) is 34.2. The molecule has 1 saturated heterocycles. The first-order chi connectivity index (χ1) is 13.4. The van der Waals surface area contributed by atoms with Crippen LogP contribution in [0.25, 0.3) is 0 Å². The predicted molar refractivity (Wildman–Crippen MR) is 114 cm³/mol. The zero-order valence-electron chi connectivity index (χ0n) is 17.1. The zero-order chi connectivity index (χ0) is 20.7. The maximum absolute atomic E-state index is 15.2. The largest absolute Gasteiger partial charge is 0.469 e. The van der Waals surface area contributed by atoms with E-state index in [-0.39, 0.29) is 33.9 Å². The third kappa shape index (κ3) is 6.51. The van der Waals surface area contributed by atoms with E-state index in [4.69, 9.17) is 4.74 Å². The van der Waals surface area contributed by atoms with Gasteiger partial charge in [0.2, 0.25) is 0 Å². The molecular weight excluding hydrogens is 478 g/mol. The number of ether oxygens (including phenoxy) is 2. The van der Waals surface area contributed by atoms with Gasteiger partial charge in [-0.05, 0) is 38.0 Å². The van der Waals surface area contributed by atoms with Crippen molar-refractivity contribution < 1.29 is 28.9 Å². The molecule has 2 aliphatic rings. The van der Waals surface area contributed by atoms with Gasteiger partial charge in [0.05, 0.1) is 25.4 Å². The highest BCUT2D eigenvalue weighted by Crippen LogP contribution is 2.48. The van der Waals surface area contributed by atoms with Gasteiger partial charge in [-0.15, -0.1) is 0 Å². The van der Waals surface area contributed by atoms with E-state index in [0.717, 1.165) is 25.7 Å². The van der Waals surface area contributed by atoms with Crippen LogP contribution in [0.15, 0.2) is 0 Å². The van der Waals surface area contributed by atoms with Gasteiger partial charge in [0.1, 0.15) is 12.3 Å². The Morgan fingerprint density at radius 2 is 2.04 bits per heavy atom. The van der Waals surface area contributed by atoms with Crippen molar-refractivity contribution in [3.8, 4) is 0 Å². The molecule has 2 N–H and O–H groups in total. The Kier molecular flexibility index (Phi) is 10.4. The molecule has 2 rings (SSSR count). The molecule has 28 heavy (non-hydrogen) atoms. The second-order valence-electron chi connectivity index (χ2n) is 8.34. The summed E-state index contributed by atoms with van der Waals surface area (Å²) in [4.78, 5) is 11.2. The standard InChI is InChI=1S/C21H36FIO5/c1-3-4-5-7-13(24)10-11-14-16(25)12-17-19(14)20(22)21(28-17)15(23)8-6-9-18(26)27-2/h13-17,19-21,24-25H,3-12H2,1-2H3/t13?,14-,15?,16?,17?,19+,20?,21?/m0/s1. The Labute approximate surface area is 181 Å². The molecule has 0 aromatic rings. The Balaban J connectivity index is 1.83. The monoisotopic (exact) mass is 514 g/mol. The lowest BCUT2D eigenvalue weighted by molar-refractivity contribution is -0.140. The SMILES string of the molecule is CCCCCC(O)CC[C@H]1C(O)CC2OC(C(I)CCCC(=O)OC)C(F)[C@@H]21. The number of carbonyl (C=O) groups excluding carboxylic acids is 1. The lowest BCUT2D eigenvalue weighted by Gasteiger charge is -2.26. The van der Waals surface area contributed by atoms with E-state index in [1.807, 2.05) is 0 Å². The highest BCUT2D eigenvalue weighted by atomic mass is 127. The molecule has 0 spiro atoms. The van der Waals surface area contributed by atoms with Gasteiger partial charge in [0, 0.05) is 22.7 Å². The van der Waals surface area contributed by atoms with Crippen LogP contribution in [0.2, 0.25) is 0 Å². The van der Waals surface area contributed by atoms with Crippen LogP contribution in [0.4, 0.5) is 4.39 Å². The summed E-state index contributed by atoms with van der Waals surface area (Å²) < 4.78 is 25.9. The van der Waals surface area contributed by atoms with Crippen molar-refractivity contribution in [2.75, 3.05) is 7.11 Å². The highest BCUT2D eigenvalue weighted by molar-refractivity contribution is 14.1. The number of hydrogen-bond acceptors (Lipinski definition) is 5. The number of rotatable bonds is 12. The van der Waals surface area contributed by atoms with E-state index in [1.54, 1.807) is 0 Å². The first-order valence-corrected chi connectivity index (χ1v) is 12.0. The molecule has 0 bridgehead atoms. The Bertz CT molecular complexity index is 480. The van der Waals surface area contributed by atoms with Crippen LogP contribution < -0.4 is 0 Å². The maximum atomic E-state index is 15.2. The average Bonchev–Trinajstić information content (AvgIpc) is 3.15. The molecule has 7 heteroatoms. The van der Waals surface area contributed by atoms with Gasteiger partial charge in [0.25, 0.3) is 0 Å². The van der Waals surface area contributed by atoms with Crippen molar-refractivity contribution >= 4 is 28.6 Å². The Morgan fingerprint density at radius 1 is 1.29 bits per heavy atom. The molecule has 0 amide bonds. The third-order valence-corrected chi connectivity index (χ3v) is 7.66. The summed E-state index contributed by atoms with van der Waals surface area (Å²) in [7, 11) is 1.37. The zero-order valence-corrected chi connectivity index (χ0v) is 19.2. The van der Waals surface area contributed by atoms with Crippen LogP contribution in [-0.2, 0) is 14.3 Å². The van der Waals surface area contributed by atoms with Crippen molar-refractivity contribution in [3.63, 3.8) is 0 Å². The van der Waals surface area contributed by atoms with Gasteiger partial charge < -0.3 is 19.7 Å². The van der Waals surface area contributed by atoms with Crippen LogP contribution in [0.3, 0.4) is 0 Å². The van der Waals surface area contributed by atoms with Crippen LogP contribution in [0, 0.1) is 11.8 Å². The fourth-order valence-corrected chi connectivity index (χ4v) is 5.73. The van der Waals surface area contributed by atoms with E-state index >= 15 is 4.39 Å². The van der Waals surface area contributed by atoms with Crippen LogP contribution in [-0.4, -0.2) is 57.8 Å². The molecule has 6 unspecified atom stereocenters. The van der Waals surface area contributed by atoms with E-state index < -0.39 is 18.4 Å². The van der Waals surface area contributed by atoms with Crippen molar-refractivity contribution in [2.24, 2.45) is 11.8 Å². The summed E-state index contributed by atoms with van der Waals surface area (Å²) in [6.45, 7) is 2.13. The average molecular weight is 514 g/mol. The van der Waals surface area contributed by atoms with E-state index in [9.17, 15) is 15.0 Å². The van der Waals surface area contributed by atoms with Crippen molar-refractivity contribution in [2.45, 2.75) is 106 Å². The van der Waals surface area contributed by atoms with E-state index in [2.05, 4.69) is 34.3 Å². The first kappa shape index (κ1) is 24.3. The molecule has 164 valence electrons. The van der Waals surface area contributed by atoms with Gasteiger partial charge in [0.15, 0.2) is 0 Å². The van der Waals surface area contributed by atoms with E-state index in [0.29, 0.717) is 38.5 Å². The number of fused-ring (bicyclic) bond motifs is 1. The second-order valence-corrected chi connectivity index (χ2v) is 9.94. The lowest BCUT2D eigenvalue weighted by atomic mass is 9.84. The fourth-order valence-electron chi connectivity index (χ4n) is 4.72. The number of carbonyl (C=O) groups is 1. The van der Waals surface area contributed by atoms with Crippen LogP contribution in [0.1, 0.15) is 71.1 Å². The van der Waals surface area contributed by atoms with Crippen LogP contribution in [0.5, 0.6) is 0 Å². The molecule has 0 aromatic carbocycles.